The van der Waals surface area contributed by atoms with Gasteiger partial charge in [0.2, 0.25) is 10.0 Å². The van der Waals surface area contributed by atoms with Crippen LogP contribution in [0.25, 0.3) is 17.0 Å². The molecule has 0 aliphatic carbocycles. The molecule has 0 radical (unpaired) electrons. The lowest BCUT2D eigenvalue weighted by Crippen LogP contribution is -2.23. The van der Waals surface area contributed by atoms with Crippen LogP contribution >= 0.6 is 0 Å². The molecule has 1 aromatic heterocycles. The number of rotatable bonds is 11. The summed E-state index contributed by atoms with van der Waals surface area (Å²) >= 11 is 0. The van der Waals surface area contributed by atoms with Gasteiger partial charge in [0, 0.05) is 31.2 Å². The largest absolute Gasteiger partial charge is 0.457 e. The molecule has 5 rings (SSSR count). The molecule has 0 fully saturated rings. The quantitative estimate of drug-likeness (QED) is 0.154. The second-order valence-electron chi connectivity index (χ2n) is 10.4. The summed E-state index contributed by atoms with van der Waals surface area (Å²) in [6, 6.07) is 32.9. The molecule has 4 aromatic carbocycles. The number of pyridine rings is 1. The summed E-state index contributed by atoms with van der Waals surface area (Å²) in [4.78, 5) is 9.84. The van der Waals surface area contributed by atoms with E-state index < -0.39 is 10.0 Å². The van der Waals surface area contributed by atoms with Crippen molar-refractivity contribution in [2.45, 2.75) is 20.0 Å². The van der Waals surface area contributed by atoms with Crippen LogP contribution in [0.5, 0.6) is 11.5 Å². The maximum atomic E-state index is 12.0. The normalized spacial score (nSPS) is 11.2. The highest BCUT2D eigenvalue weighted by atomic mass is 32.2. The maximum Gasteiger partial charge on any atom is 0.229 e. The zero-order chi connectivity index (χ0) is 30.9. The van der Waals surface area contributed by atoms with Crippen molar-refractivity contribution in [3.8, 4) is 11.5 Å². The predicted molar refractivity (Wildman–Crippen MR) is 178 cm³/mol. The van der Waals surface area contributed by atoms with Crippen LogP contribution in [0.1, 0.15) is 27.8 Å². The number of nitrogens with zero attached hydrogens (tertiary/aromatic N) is 3. The van der Waals surface area contributed by atoms with Crippen molar-refractivity contribution in [2.75, 3.05) is 15.9 Å². The number of hydrogen-bond donors (Lipinski definition) is 1. The molecule has 0 atom stereocenters. The van der Waals surface area contributed by atoms with Crippen molar-refractivity contribution in [1.29, 1.82) is 0 Å². The lowest BCUT2D eigenvalue weighted by molar-refractivity contribution is 0.482. The summed E-state index contributed by atoms with van der Waals surface area (Å²) in [6.45, 7) is 10.3. The molecule has 0 unspecified atom stereocenters. The number of hydrogen-bond acceptors (Lipinski definition) is 5. The minimum atomic E-state index is -3.43. The summed E-state index contributed by atoms with van der Waals surface area (Å²) in [6.07, 6.45) is 8.76. The van der Waals surface area contributed by atoms with E-state index in [0.29, 0.717) is 24.5 Å². The van der Waals surface area contributed by atoms with Crippen molar-refractivity contribution in [2.24, 2.45) is 0 Å². The molecule has 1 N–H and O–H groups in total. The van der Waals surface area contributed by atoms with Crippen molar-refractivity contribution in [3.63, 3.8) is 0 Å². The van der Waals surface area contributed by atoms with Gasteiger partial charge in [-0.25, -0.2) is 13.3 Å². The van der Waals surface area contributed by atoms with E-state index in [4.69, 9.17) is 11.3 Å². The summed E-state index contributed by atoms with van der Waals surface area (Å²) in [5, 5.41) is 0. The van der Waals surface area contributed by atoms with Gasteiger partial charge in [0.05, 0.1) is 18.5 Å². The Kier molecular flexibility index (Phi) is 9.38. The average Bonchev–Trinajstić information content (AvgIpc) is 3.02. The maximum absolute atomic E-state index is 12.0. The lowest BCUT2D eigenvalue weighted by Gasteiger charge is -2.28. The fraction of sp³-hybridized carbons (Fsp3) is 0.111. The van der Waals surface area contributed by atoms with E-state index in [0.717, 1.165) is 51.3 Å². The van der Waals surface area contributed by atoms with Gasteiger partial charge in [-0.05, 0) is 77.2 Å². The second kappa shape index (κ2) is 13.7. The molecule has 0 aliphatic rings. The monoisotopic (exact) mass is 600 g/mol. The number of ether oxygens (including phenoxy) is 1. The summed E-state index contributed by atoms with van der Waals surface area (Å²) in [5.41, 5.74) is 7.00. The second-order valence-corrected chi connectivity index (χ2v) is 12.1. The first-order valence-electron chi connectivity index (χ1n) is 14.0. The van der Waals surface area contributed by atoms with Gasteiger partial charge in [0.1, 0.15) is 11.5 Å². The van der Waals surface area contributed by atoms with Crippen LogP contribution in [0.3, 0.4) is 0 Å². The van der Waals surface area contributed by atoms with Gasteiger partial charge >= 0.3 is 0 Å². The Balaban J connectivity index is 1.35. The first-order chi connectivity index (χ1) is 21.3. The van der Waals surface area contributed by atoms with E-state index >= 15 is 0 Å². The van der Waals surface area contributed by atoms with Gasteiger partial charge in [-0.2, -0.15) is 0 Å². The summed E-state index contributed by atoms with van der Waals surface area (Å²) < 4.78 is 32.8. The van der Waals surface area contributed by atoms with Crippen LogP contribution in [0.2, 0.25) is 0 Å². The highest BCUT2D eigenvalue weighted by Gasteiger charge is 2.15. The highest BCUT2D eigenvalue weighted by molar-refractivity contribution is 7.92. The van der Waals surface area contributed by atoms with Crippen LogP contribution in [0.4, 0.5) is 17.1 Å². The number of anilines is 2. The Hall–Kier alpha value is -5.39. The first-order valence-corrected chi connectivity index (χ1v) is 15.9. The molecular formula is C36H32N4O3S. The zero-order valence-electron chi connectivity index (χ0n) is 24.5. The zero-order valence-corrected chi connectivity index (χ0v) is 25.3. The summed E-state index contributed by atoms with van der Waals surface area (Å²) in [7, 11) is -3.43. The van der Waals surface area contributed by atoms with Gasteiger partial charge in [0.15, 0.2) is 5.69 Å². The smallest absolute Gasteiger partial charge is 0.229 e. The molecule has 5 aromatic rings. The first kappa shape index (κ1) is 30.1. The molecule has 0 saturated heterocycles. The van der Waals surface area contributed by atoms with Crippen LogP contribution in [-0.4, -0.2) is 19.7 Å². The van der Waals surface area contributed by atoms with Crippen molar-refractivity contribution < 1.29 is 13.2 Å². The van der Waals surface area contributed by atoms with Crippen molar-refractivity contribution in [3.05, 3.63) is 155 Å². The molecule has 0 spiro atoms. The number of aromatic nitrogens is 1. The van der Waals surface area contributed by atoms with Gasteiger partial charge in [-0.3, -0.25) is 9.71 Å². The third-order valence-electron chi connectivity index (χ3n) is 6.92. The fourth-order valence-electron chi connectivity index (χ4n) is 4.77. The topological polar surface area (TPSA) is 75.9 Å². The Morgan fingerprint density at radius 3 is 2.16 bits per heavy atom. The highest BCUT2D eigenvalue weighted by Crippen LogP contribution is 2.31. The number of nitrogens with one attached hydrogen (secondary N) is 1. The number of benzene rings is 4. The van der Waals surface area contributed by atoms with Gasteiger partial charge < -0.3 is 9.64 Å². The van der Waals surface area contributed by atoms with Crippen LogP contribution in [0.15, 0.2) is 116 Å². The predicted octanol–water partition coefficient (Wildman–Crippen LogP) is 8.48. The molecular weight excluding hydrogens is 568 g/mol. The van der Waals surface area contributed by atoms with E-state index in [2.05, 4.69) is 19.5 Å². The van der Waals surface area contributed by atoms with E-state index in [-0.39, 0.29) is 0 Å². The Morgan fingerprint density at radius 2 is 1.50 bits per heavy atom. The van der Waals surface area contributed by atoms with Crippen LogP contribution in [-0.2, 0) is 23.1 Å². The van der Waals surface area contributed by atoms with E-state index in [1.165, 1.54) is 0 Å². The van der Waals surface area contributed by atoms with E-state index in [1.54, 1.807) is 12.3 Å². The molecule has 1 heterocycles. The van der Waals surface area contributed by atoms with Gasteiger partial charge in [0.25, 0.3) is 0 Å². The van der Waals surface area contributed by atoms with E-state index in [1.807, 2.05) is 122 Å². The minimum absolute atomic E-state index is 0.541. The average molecular weight is 601 g/mol. The molecule has 0 amide bonds. The molecule has 8 heteroatoms. The van der Waals surface area contributed by atoms with Crippen molar-refractivity contribution >= 4 is 39.2 Å². The van der Waals surface area contributed by atoms with Crippen LogP contribution in [0, 0.1) is 13.5 Å². The number of sulfonamides is 1. The lowest BCUT2D eigenvalue weighted by atomic mass is 10.1. The molecule has 0 bridgehead atoms. The summed E-state index contributed by atoms with van der Waals surface area (Å²) in [5.74, 6) is 1.46. The SMILES string of the molecule is [C-]#[N+]c1ccc(CN(Cc2ccc(Oc3cccc(/C=C/c4cccnc4)c3)cc2)c2cccc(NS(C)(=O)=O)c2C)cc1. The van der Waals surface area contributed by atoms with Crippen LogP contribution < -0.4 is 14.4 Å². The molecule has 44 heavy (non-hydrogen) atoms. The molecule has 0 aliphatic heterocycles. The van der Waals surface area contributed by atoms with Gasteiger partial charge in [-0.1, -0.05) is 72.8 Å². The van der Waals surface area contributed by atoms with Crippen molar-refractivity contribution in [1.82, 2.24) is 4.98 Å². The molecule has 220 valence electrons. The fourth-order valence-corrected chi connectivity index (χ4v) is 5.39. The van der Waals surface area contributed by atoms with E-state index in [9.17, 15) is 8.42 Å². The third-order valence-corrected chi connectivity index (χ3v) is 7.51. The Labute approximate surface area is 259 Å². The Morgan fingerprint density at radius 1 is 0.841 bits per heavy atom. The minimum Gasteiger partial charge on any atom is -0.457 e. The van der Waals surface area contributed by atoms with Gasteiger partial charge in [-0.15, -0.1) is 0 Å². The Bertz CT molecular complexity index is 1900. The third kappa shape index (κ3) is 8.34. The molecule has 7 nitrogen and oxygen atoms in total. The molecule has 0 saturated carbocycles. The standard InChI is InChI=1S/C36H32N4O3S/c1-27-35(39-44(3,41)42)10-5-11-36(27)40(25-30-14-18-32(37-2)19-15-30)26-31-16-20-33(21-17-31)43-34-9-4-7-28(23-34)12-13-29-8-6-22-38-24-29/h4-24,39H,25-26H2,1,3H3/b13-12+.